The maximum atomic E-state index is 13.8. The Balaban J connectivity index is 1.64. The first-order valence-electron chi connectivity index (χ1n) is 12.1. The summed E-state index contributed by atoms with van der Waals surface area (Å²) in [4.78, 5) is 25.2. The van der Waals surface area contributed by atoms with Gasteiger partial charge in [0.1, 0.15) is 22.3 Å². The number of aromatic nitrogens is 4. The molecule has 0 spiro atoms. The van der Waals surface area contributed by atoms with Crippen LogP contribution in [0.5, 0.6) is 5.75 Å². The molecule has 4 rings (SSSR count). The minimum absolute atomic E-state index is 0.271. The number of carbonyl (C=O) groups excluding carboxylic acids is 1. The van der Waals surface area contributed by atoms with Crippen LogP contribution >= 0.6 is 22.9 Å². The fourth-order valence-corrected chi connectivity index (χ4v) is 4.71. The topological polar surface area (TPSA) is 108 Å². The van der Waals surface area contributed by atoms with Gasteiger partial charge in [0.15, 0.2) is 5.01 Å². The SMILES string of the molecule is C=CC(=O)Nc1cc(Nc2nccc(-c3nnc(-c4cc(F)cc(Cl)c4)s3)n2)c(OC)cc1N(C)CCN(C)C. The molecular weight excluding hydrogens is 555 g/mol. The molecule has 2 aromatic carbocycles. The van der Waals surface area contributed by atoms with Crippen molar-refractivity contribution >= 4 is 51.9 Å². The molecule has 0 radical (unpaired) electrons. The maximum Gasteiger partial charge on any atom is 0.247 e. The molecule has 0 fully saturated rings. The highest BCUT2D eigenvalue weighted by Gasteiger charge is 2.17. The summed E-state index contributed by atoms with van der Waals surface area (Å²) in [6.07, 6.45) is 2.79. The maximum absolute atomic E-state index is 13.8. The van der Waals surface area contributed by atoms with Crippen molar-refractivity contribution in [1.29, 1.82) is 0 Å². The molecule has 0 aliphatic carbocycles. The number of ether oxygens (including phenoxy) is 1. The average Bonchev–Trinajstić information content (AvgIpc) is 3.42. The predicted octanol–water partition coefficient (Wildman–Crippen LogP) is 5.33. The average molecular weight is 583 g/mol. The van der Waals surface area contributed by atoms with Gasteiger partial charge in [-0.1, -0.05) is 29.5 Å². The first-order valence-corrected chi connectivity index (χ1v) is 13.3. The fraction of sp³-hybridized carbons (Fsp3) is 0.222. The van der Waals surface area contributed by atoms with Crippen molar-refractivity contribution in [2.24, 2.45) is 0 Å². The molecule has 2 N–H and O–H groups in total. The number of hydrogen-bond donors (Lipinski definition) is 2. The monoisotopic (exact) mass is 582 g/mol. The van der Waals surface area contributed by atoms with Gasteiger partial charge in [-0.05, 0) is 50.5 Å². The number of nitrogens with zero attached hydrogens (tertiary/aromatic N) is 6. The molecule has 0 aliphatic rings. The number of amides is 1. The number of carbonyl (C=O) groups is 1. The second-order valence-corrected chi connectivity index (χ2v) is 10.4. The summed E-state index contributed by atoms with van der Waals surface area (Å²) in [6, 6.07) is 9.49. The Morgan fingerprint density at radius 2 is 1.90 bits per heavy atom. The highest BCUT2D eigenvalue weighted by molar-refractivity contribution is 7.17. The van der Waals surface area contributed by atoms with E-state index < -0.39 is 5.82 Å². The van der Waals surface area contributed by atoms with Crippen molar-refractivity contribution in [2.75, 3.05) is 56.9 Å². The summed E-state index contributed by atoms with van der Waals surface area (Å²) in [5, 5.41) is 15.7. The Morgan fingerprint density at radius 1 is 1.12 bits per heavy atom. The van der Waals surface area contributed by atoms with Crippen molar-refractivity contribution in [2.45, 2.75) is 0 Å². The molecule has 0 aliphatic heterocycles. The van der Waals surface area contributed by atoms with E-state index in [-0.39, 0.29) is 16.9 Å². The smallest absolute Gasteiger partial charge is 0.247 e. The third kappa shape index (κ3) is 7.08. The number of hydrogen-bond acceptors (Lipinski definition) is 10. The first-order chi connectivity index (χ1) is 19.2. The van der Waals surface area contributed by atoms with E-state index in [1.807, 2.05) is 32.1 Å². The Labute approximate surface area is 240 Å². The molecular formula is C27H28ClFN8O2S. The Bertz CT molecular complexity index is 1510. The number of benzene rings is 2. The zero-order chi connectivity index (χ0) is 28.8. The minimum atomic E-state index is -0.458. The molecule has 0 bridgehead atoms. The first kappa shape index (κ1) is 28.9. The van der Waals surface area contributed by atoms with Crippen molar-refractivity contribution in [1.82, 2.24) is 25.1 Å². The highest BCUT2D eigenvalue weighted by atomic mass is 35.5. The lowest BCUT2D eigenvalue weighted by molar-refractivity contribution is -0.111. The molecule has 13 heteroatoms. The standard InChI is InChI=1S/C27H28ClFN8O2S/c1-6-24(38)31-20-14-21(23(39-5)15-22(20)37(4)10-9-36(2)3)33-27-30-8-7-19(32-27)26-35-34-25(40-26)16-11-17(28)13-18(29)12-16/h6-8,11-15H,1,9-10H2,2-5H3,(H,31,38)(H,30,32,33). The van der Waals surface area contributed by atoms with E-state index in [0.29, 0.717) is 38.4 Å². The van der Waals surface area contributed by atoms with Gasteiger partial charge in [-0.25, -0.2) is 14.4 Å². The summed E-state index contributed by atoms with van der Waals surface area (Å²) < 4.78 is 19.5. The van der Waals surface area contributed by atoms with Gasteiger partial charge in [-0.15, -0.1) is 10.2 Å². The van der Waals surface area contributed by atoms with Crippen LogP contribution in [-0.4, -0.2) is 72.3 Å². The molecule has 0 unspecified atom stereocenters. The van der Waals surface area contributed by atoms with Crippen LogP contribution in [0.1, 0.15) is 0 Å². The number of halogens is 2. The van der Waals surface area contributed by atoms with Gasteiger partial charge in [0.25, 0.3) is 0 Å². The van der Waals surface area contributed by atoms with Crippen molar-refractivity contribution < 1.29 is 13.9 Å². The van der Waals surface area contributed by atoms with Crippen LogP contribution in [0.4, 0.5) is 27.4 Å². The van der Waals surface area contributed by atoms with E-state index in [2.05, 4.69) is 42.3 Å². The van der Waals surface area contributed by atoms with E-state index in [1.54, 1.807) is 31.5 Å². The van der Waals surface area contributed by atoms with Gasteiger partial charge >= 0.3 is 0 Å². The van der Waals surface area contributed by atoms with Crippen LogP contribution in [-0.2, 0) is 4.79 Å². The summed E-state index contributed by atoms with van der Waals surface area (Å²) in [5.41, 5.74) is 2.91. The molecule has 1 amide bonds. The van der Waals surface area contributed by atoms with E-state index in [1.165, 1.54) is 29.5 Å². The molecule has 0 atom stereocenters. The number of anilines is 4. The van der Waals surface area contributed by atoms with Crippen LogP contribution in [0.15, 0.2) is 55.3 Å². The second-order valence-electron chi connectivity index (χ2n) is 8.95. The summed E-state index contributed by atoms with van der Waals surface area (Å²) in [6.45, 7) is 5.09. The van der Waals surface area contributed by atoms with Gasteiger partial charge in [-0.2, -0.15) is 0 Å². The number of likely N-dealkylation sites (N-methyl/N-ethyl adjacent to an activating group) is 2. The van der Waals surface area contributed by atoms with Crippen molar-refractivity contribution in [3.8, 4) is 27.0 Å². The Kier molecular flexibility index (Phi) is 9.25. The van der Waals surface area contributed by atoms with Crippen molar-refractivity contribution in [3.63, 3.8) is 0 Å². The van der Waals surface area contributed by atoms with Crippen LogP contribution in [0.3, 0.4) is 0 Å². The zero-order valence-corrected chi connectivity index (χ0v) is 24.0. The largest absolute Gasteiger partial charge is 0.494 e. The molecule has 4 aromatic rings. The predicted molar refractivity (Wildman–Crippen MR) is 158 cm³/mol. The lowest BCUT2D eigenvalue weighted by Crippen LogP contribution is -2.29. The minimum Gasteiger partial charge on any atom is -0.494 e. The van der Waals surface area contributed by atoms with Gasteiger partial charge in [0.05, 0.1) is 24.2 Å². The quantitative estimate of drug-likeness (QED) is 0.227. The van der Waals surface area contributed by atoms with Crippen molar-refractivity contribution in [3.05, 3.63) is 66.1 Å². The number of methoxy groups -OCH3 is 1. The number of nitrogens with one attached hydrogen (secondary N) is 2. The second kappa shape index (κ2) is 12.8. The fourth-order valence-electron chi connectivity index (χ4n) is 3.68. The van der Waals surface area contributed by atoms with Gasteiger partial charge in [-0.3, -0.25) is 4.79 Å². The normalized spacial score (nSPS) is 10.9. The summed E-state index contributed by atoms with van der Waals surface area (Å²) in [5.74, 6) is -0.00174. The Morgan fingerprint density at radius 3 is 2.60 bits per heavy atom. The van der Waals surface area contributed by atoms with Gasteiger partial charge in [0.2, 0.25) is 11.9 Å². The van der Waals surface area contributed by atoms with Gasteiger partial charge < -0.3 is 25.2 Å². The van der Waals surface area contributed by atoms with E-state index in [0.717, 1.165) is 18.8 Å². The molecule has 0 saturated heterocycles. The highest BCUT2D eigenvalue weighted by Crippen LogP contribution is 2.38. The van der Waals surface area contributed by atoms with Crippen LogP contribution in [0.25, 0.3) is 21.3 Å². The third-order valence-electron chi connectivity index (χ3n) is 5.71. The molecule has 40 heavy (non-hydrogen) atoms. The van der Waals surface area contributed by atoms with Crippen LogP contribution in [0.2, 0.25) is 5.02 Å². The number of rotatable bonds is 11. The molecule has 0 saturated carbocycles. The van der Waals surface area contributed by atoms with E-state index >= 15 is 0 Å². The van der Waals surface area contributed by atoms with E-state index in [4.69, 9.17) is 16.3 Å². The molecule has 10 nitrogen and oxygen atoms in total. The lowest BCUT2D eigenvalue weighted by Gasteiger charge is -2.26. The Hall–Kier alpha value is -4.13. The van der Waals surface area contributed by atoms with Crippen LogP contribution < -0.4 is 20.3 Å². The molecule has 2 aromatic heterocycles. The molecule has 208 valence electrons. The lowest BCUT2D eigenvalue weighted by atomic mass is 10.2. The summed E-state index contributed by atoms with van der Waals surface area (Å²) in [7, 11) is 7.49. The molecule has 2 heterocycles. The van der Waals surface area contributed by atoms with Gasteiger partial charge in [0, 0.05) is 43.0 Å². The zero-order valence-electron chi connectivity index (χ0n) is 22.4. The third-order valence-corrected chi connectivity index (χ3v) is 6.92. The van der Waals surface area contributed by atoms with E-state index in [9.17, 15) is 9.18 Å². The van der Waals surface area contributed by atoms with Crippen LogP contribution in [0, 0.1) is 5.82 Å². The summed E-state index contributed by atoms with van der Waals surface area (Å²) >= 11 is 7.24.